The summed E-state index contributed by atoms with van der Waals surface area (Å²) in [4.78, 5) is 14.6. The minimum absolute atomic E-state index is 0.168. The molecule has 0 unspecified atom stereocenters. The maximum Gasteiger partial charge on any atom is 0.256 e. The first-order chi connectivity index (χ1) is 11.7. The van der Waals surface area contributed by atoms with Crippen LogP contribution in [0.25, 0.3) is 0 Å². The molecule has 2 aromatic rings. The van der Waals surface area contributed by atoms with Crippen molar-refractivity contribution < 1.29 is 4.79 Å². The summed E-state index contributed by atoms with van der Waals surface area (Å²) in [5.41, 5.74) is 1.74. The second kappa shape index (κ2) is 8.26. The highest BCUT2D eigenvalue weighted by Crippen LogP contribution is 2.17. The number of aryl methyl sites for hydroxylation is 1. The van der Waals surface area contributed by atoms with E-state index in [9.17, 15) is 4.79 Å². The van der Waals surface area contributed by atoms with E-state index in [0.717, 1.165) is 22.9 Å². The SMILES string of the molecule is Cc1ccc(C(=O)Nc2ccc(SCCN3CCCC3)nn2)cc1. The number of hydrogen-bond acceptors (Lipinski definition) is 5. The molecule has 1 saturated heterocycles. The van der Waals surface area contributed by atoms with Crippen molar-refractivity contribution in [3.05, 3.63) is 47.5 Å². The monoisotopic (exact) mass is 342 g/mol. The lowest BCUT2D eigenvalue weighted by molar-refractivity contribution is 0.102. The van der Waals surface area contributed by atoms with Gasteiger partial charge in [0.15, 0.2) is 5.82 Å². The van der Waals surface area contributed by atoms with Gasteiger partial charge in [0, 0.05) is 17.9 Å². The molecular weight excluding hydrogens is 320 g/mol. The average Bonchev–Trinajstić information content (AvgIpc) is 3.10. The Morgan fingerprint density at radius 2 is 1.88 bits per heavy atom. The largest absolute Gasteiger partial charge is 0.305 e. The van der Waals surface area contributed by atoms with Gasteiger partial charge >= 0.3 is 0 Å². The second-order valence-electron chi connectivity index (χ2n) is 5.97. The van der Waals surface area contributed by atoms with E-state index in [1.54, 1.807) is 30.0 Å². The highest BCUT2D eigenvalue weighted by molar-refractivity contribution is 7.99. The van der Waals surface area contributed by atoms with Gasteiger partial charge in [-0.15, -0.1) is 22.0 Å². The third-order valence-electron chi connectivity index (χ3n) is 4.05. The number of nitrogens with zero attached hydrogens (tertiary/aromatic N) is 3. The number of carbonyl (C=O) groups excluding carboxylic acids is 1. The predicted octanol–water partition coefficient (Wildman–Crippen LogP) is 3.23. The molecule has 3 rings (SSSR count). The molecule has 1 N–H and O–H groups in total. The zero-order chi connectivity index (χ0) is 16.8. The van der Waals surface area contributed by atoms with Crippen LogP contribution in [0.1, 0.15) is 28.8 Å². The van der Waals surface area contributed by atoms with Crippen LogP contribution in [0, 0.1) is 6.92 Å². The Hall–Kier alpha value is -1.92. The Kier molecular flexibility index (Phi) is 5.82. The van der Waals surface area contributed by atoms with Gasteiger partial charge in [-0.25, -0.2) is 0 Å². The molecule has 0 spiro atoms. The lowest BCUT2D eigenvalue weighted by Crippen LogP contribution is -2.21. The number of amides is 1. The Morgan fingerprint density at radius 3 is 2.54 bits per heavy atom. The minimum Gasteiger partial charge on any atom is -0.305 e. The fourth-order valence-corrected chi connectivity index (χ4v) is 3.46. The van der Waals surface area contributed by atoms with E-state index >= 15 is 0 Å². The van der Waals surface area contributed by atoms with Crippen LogP contribution in [0.4, 0.5) is 5.82 Å². The van der Waals surface area contributed by atoms with E-state index < -0.39 is 0 Å². The zero-order valence-corrected chi connectivity index (χ0v) is 14.7. The van der Waals surface area contributed by atoms with Gasteiger partial charge in [0.1, 0.15) is 5.03 Å². The molecular formula is C18H22N4OS. The van der Waals surface area contributed by atoms with Gasteiger partial charge in [-0.05, 0) is 57.1 Å². The van der Waals surface area contributed by atoms with Crippen molar-refractivity contribution in [1.29, 1.82) is 0 Å². The normalized spacial score (nSPS) is 14.7. The summed E-state index contributed by atoms with van der Waals surface area (Å²) in [6, 6.07) is 11.2. The van der Waals surface area contributed by atoms with Crippen molar-refractivity contribution in [1.82, 2.24) is 15.1 Å². The number of aromatic nitrogens is 2. The molecule has 0 radical (unpaired) electrons. The molecule has 24 heavy (non-hydrogen) atoms. The number of carbonyl (C=O) groups is 1. The molecule has 0 bridgehead atoms. The lowest BCUT2D eigenvalue weighted by Gasteiger charge is -2.13. The van der Waals surface area contributed by atoms with Crippen LogP contribution >= 0.6 is 11.8 Å². The highest BCUT2D eigenvalue weighted by atomic mass is 32.2. The number of benzene rings is 1. The smallest absolute Gasteiger partial charge is 0.256 e. The molecule has 6 heteroatoms. The Morgan fingerprint density at radius 1 is 1.12 bits per heavy atom. The summed E-state index contributed by atoms with van der Waals surface area (Å²) in [6.45, 7) is 5.53. The first-order valence-electron chi connectivity index (χ1n) is 8.27. The van der Waals surface area contributed by atoms with Gasteiger partial charge in [-0.2, -0.15) is 0 Å². The van der Waals surface area contributed by atoms with Gasteiger partial charge < -0.3 is 10.2 Å². The molecule has 1 aromatic heterocycles. The van der Waals surface area contributed by atoms with E-state index in [2.05, 4.69) is 20.4 Å². The molecule has 0 aliphatic carbocycles. The van der Waals surface area contributed by atoms with Crippen molar-refractivity contribution >= 4 is 23.5 Å². The summed E-state index contributed by atoms with van der Waals surface area (Å²) in [6.07, 6.45) is 2.64. The molecule has 0 saturated carbocycles. The molecule has 2 heterocycles. The molecule has 1 aliphatic heterocycles. The van der Waals surface area contributed by atoms with Gasteiger partial charge in [0.2, 0.25) is 0 Å². The molecule has 1 fully saturated rings. The second-order valence-corrected chi connectivity index (χ2v) is 7.09. The van der Waals surface area contributed by atoms with Crippen molar-refractivity contribution in [2.45, 2.75) is 24.8 Å². The number of hydrogen-bond donors (Lipinski definition) is 1. The number of anilines is 1. The first kappa shape index (κ1) is 16.9. The van der Waals surface area contributed by atoms with Crippen molar-refractivity contribution in [3.63, 3.8) is 0 Å². The molecule has 0 atom stereocenters. The molecule has 1 amide bonds. The van der Waals surface area contributed by atoms with Crippen LogP contribution in [-0.2, 0) is 0 Å². The maximum atomic E-state index is 12.1. The molecule has 1 aromatic carbocycles. The van der Waals surface area contributed by atoms with E-state index in [4.69, 9.17) is 0 Å². The van der Waals surface area contributed by atoms with E-state index in [1.165, 1.54) is 25.9 Å². The van der Waals surface area contributed by atoms with Crippen LogP contribution in [-0.4, -0.2) is 46.4 Å². The maximum absolute atomic E-state index is 12.1. The Labute approximate surface area is 146 Å². The topological polar surface area (TPSA) is 58.1 Å². The predicted molar refractivity (Wildman–Crippen MR) is 97.6 cm³/mol. The standard InChI is InChI=1S/C18H22N4OS/c1-14-4-6-15(7-5-14)18(23)19-16-8-9-17(21-20-16)24-13-12-22-10-2-3-11-22/h4-9H,2-3,10-13H2,1H3,(H,19,20,23). The highest BCUT2D eigenvalue weighted by Gasteiger charge is 2.11. The van der Waals surface area contributed by atoms with E-state index in [-0.39, 0.29) is 5.91 Å². The zero-order valence-electron chi connectivity index (χ0n) is 13.9. The van der Waals surface area contributed by atoms with Gasteiger partial charge in [0.25, 0.3) is 5.91 Å². The van der Waals surface area contributed by atoms with Crippen LogP contribution in [0.15, 0.2) is 41.4 Å². The summed E-state index contributed by atoms with van der Waals surface area (Å²) in [5.74, 6) is 1.33. The fraction of sp³-hybridized carbons (Fsp3) is 0.389. The van der Waals surface area contributed by atoms with E-state index in [0.29, 0.717) is 11.4 Å². The number of thioether (sulfide) groups is 1. The van der Waals surface area contributed by atoms with E-state index in [1.807, 2.05) is 25.1 Å². The third kappa shape index (κ3) is 4.79. The number of likely N-dealkylation sites (tertiary alicyclic amines) is 1. The lowest BCUT2D eigenvalue weighted by atomic mass is 10.1. The summed E-state index contributed by atoms with van der Waals surface area (Å²) in [7, 11) is 0. The van der Waals surface area contributed by atoms with Gasteiger partial charge in [-0.3, -0.25) is 4.79 Å². The van der Waals surface area contributed by atoms with Crippen LogP contribution in [0.5, 0.6) is 0 Å². The van der Waals surface area contributed by atoms with Crippen LogP contribution in [0.2, 0.25) is 0 Å². The number of nitrogens with one attached hydrogen (secondary N) is 1. The quantitative estimate of drug-likeness (QED) is 0.817. The first-order valence-corrected chi connectivity index (χ1v) is 9.26. The van der Waals surface area contributed by atoms with Crippen LogP contribution < -0.4 is 5.32 Å². The van der Waals surface area contributed by atoms with Gasteiger partial charge in [-0.1, -0.05) is 17.7 Å². The van der Waals surface area contributed by atoms with Crippen molar-refractivity contribution in [2.75, 3.05) is 30.7 Å². The average molecular weight is 342 g/mol. The summed E-state index contributed by atoms with van der Waals surface area (Å²) in [5, 5.41) is 11.9. The van der Waals surface area contributed by atoms with Crippen molar-refractivity contribution in [2.24, 2.45) is 0 Å². The Balaban J connectivity index is 1.48. The third-order valence-corrected chi connectivity index (χ3v) is 4.95. The molecule has 126 valence electrons. The molecule has 5 nitrogen and oxygen atoms in total. The van der Waals surface area contributed by atoms with Gasteiger partial charge in [0.05, 0.1) is 0 Å². The Bertz CT molecular complexity index is 666. The van der Waals surface area contributed by atoms with Crippen LogP contribution in [0.3, 0.4) is 0 Å². The van der Waals surface area contributed by atoms with Crippen molar-refractivity contribution in [3.8, 4) is 0 Å². The minimum atomic E-state index is -0.168. The molecule has 1 aliphatic rings. The summed E-state index contributed by atoms with van der Waals surface area (Å²) < 4.78 is 0. The summed E-state index contributed by atoms with van der Waals surface area (Å²) >= 11 is 1.70. The number of rotatable bonds is 6. The fourth-order valence-electron chi connectivity index (χ4n) is 2.64.